The van der Waals surface area contributed by atoms with Gasteiger partial charge in [-0.05, 0) is 65.2 Å². The van der Waals surface area contributed by atoms with Crippen molar-refractivity contribution in [2.45, 2.75) is 77.6 Å². The van der Waals surface area contributed by atoms with Crippen LogP contribution in [0.4, 0.5) is 0 Å². The monoisotopic (exact) mass is 284 g/mol. The van der Waals surface area contributed by atoms with E-state index in [-0.39, 0.29) is 10.8 Å². The van der Waals surface area contributed by atoms with Gasteiger partial charge in [0.05, 0.1) is 0 Å². The van der Waals surface area contributed by atoms with E-state index in [1.807, 2.05) is 0 Å². The van der Waals surface area contributed by atoms with Gasteiger partial charge in [0, 0.05) is 12.0 Å². The first-order valence-electron chi connectivity index (χ1n) is 8.42. The van der Waals surface area contributed by atoms with Gasteiger partial charge >= 0.3 is 0 Å². The molecule has 1 atom stereocenters. The van der Waals surface area contributed by atoms with Crippen LogP contribution in [0.1, 0.15) is 87.4 Å². The Labute approximate surface area is 129 Å². The molecule has 0 heterocycles. The van der Waals surface area contributed by atoms with Crippen molar-refractivity contribution < 1.29 is 4.79 Å². The molecule has 0 aromatic heterocycles. The molecule has 2 aliphatic carbocycles. The average molecular weight is 284 g/mol. The van der Waals surface area contributed by atoms with E-state index in [0.29, 0.717) is 11.7 Å². The van der Waals surface area contributed by atoms with Crippen LogP contribution in [0.3, 0.4) is 0 Å². The van der Waals surface area contributed by atoms with Crippen molar-refractivity contribution >= 4 is 5.78 Å². The van der Waals surface area contributed by atoms with Crippen LogP contribution >= 0.6 is 0 Å². The molecule has 2 aliphatic rings. The number of carbonyl (C=O) groups excluding carboxylic acids is 1. The highest BCUT2D eigenvalue weighted by Gasteiger charge is 2.38. The SMILES string of the molecule is CC1CCc2cc3c(cc2C(=O)C1)C(C)(C)CCC3(C)C. The van der Waals surface area contributed by atoms with Crippen LogP contribution in [-0.4, -0.2) is 5.78 Å². The summed E-state index contributed by atoms with van der Waals surface area (Å²) in [5.41, 5.74) is 5.65. The molecule has 1 heteroatoms. The molecule has 114 valence electrons. The number of carbonyl (C=O) groups is 1. The van der Waals surface area contributed by atoms with Crippen LogP contribution in [-0.2, 0) is 17.3 Å². The minimum absolute atomic E-state index is 0.193. The maximum Gasteiger partial charge on any atom is 0.163 e. The fourth-order valence-electron chi connectivity index (χ4n) is 4.06. The number of aryl methyl sites for hydroxylation is 1. The maximum absolute atomic E-state index is 12.6. The van der Waals surface area contributed by atoms with Crippen LogP contribution in [0.2, 0.25) is 0 Å². The molecule has 0 amide bonds. The molecule has 0 spiro atoms. The molecule has 0 N–H and O–H groups in total. The number of benzene rings is 1. The standard InChI is InChI=1S/C20H28O/c1-13-6-7-14-11-16-17(12-15(14)18(21)10-13)20(4,5)9-8-19(16,2)3/h11-13H,6-10H2,1-5H3. The Balaban J connectivity index is 2.20. The summed E-state index contributed by atoms with van der Waals surface area (Å²) >= 11 is 0. The van der Waals surface area contributed by atoms with E-state index in [2.05, 4.69) is 46.8 Å². The molecule has 0 fully saturated rings. The maximum atomic E-state index is 12.6. The zero-order chi connectivity index (χ0) is 15.4. The van der Waals surface area contributed by atoms with E-state index < -0.39 is 0 Å². The molecule has 1 aromatic carbocycles. The summed E-state index contributed by atoms with van der Waals surface area (Å²) in [7, 11) is 0. The largest absolute Gasteiger partial charge is 0.294 e. The highest BCUT2D eigenvalue weighted by Crippen LogP contribution is 2.47. The molecule has 0 radical (unpaired) electrons. The molecule has 1 unspecified atom stereocenters. The molecular weight excluding hydrogens is 256 g/mol. The second-order valence-corrected chi connectivity index (χ2v) is 8.59. The summed E-state index contributed by atoms with van der Waals surface area (Å²) in [6.07, 6.45) is 5.36. The van der Waals surface area contributed by atoms with Crippen molar-refractivity contribution in [3.63, 3.8) is 0 Å². The van der Waals surface area contributed by atoms with E-state index in [1.54, 1.807) is 0 Å². The Kier molecular flexibility index (Phi) is 3.31. The first kappa shape index (κ1) is 14.8. The third kappa shape index (κ3) is 2.45. The van der Waals surface area contributed by atoms with E-state index in [9.17, 15) is 4.79 Å². The van der Waals surface area contributed by atoms with Crippen molar-refractivity contribution in [2.75, 3.05) is 0 Å². The molecule has 21 heavy (non-hydrogen) atoms. The van der Waals surface area contributed by atoms with E-state index in [1.165, 1.54) is 29.5 Å². The van der Waals surface area contributed by atoms with Gasteiger partial charge < -0.3 is 0 Å². The lowest BCUT2D eigenvalue weighted by Gasteiger charge is -2.42. The fourth-order valence-corrected chi connectivity index (χ4v) is 4.06. The summed E-state index contributed by atoms with van der Waals surface area (Å²) in [4.78, 5) is 12.6. The van der Waals surface area contributed by atoms with Gasteiger partial charge in [-0.3, -0.25) is 4.79 Å². The van der Waals surface area contributed by atoms with E-state index in [4.69, 9.17) is 0 Å². The van der Waals surface area contributed by atoms with E-state index >= 15 is 0 Å². The topological polar surface area (TPSA) is 17.1 Å². The average Bonchev–Trinajstić information content (AvgIpc) is 2.54. The summed E-state index contributed by atoms with van der Waals surface area (Å²) < 4.78 is 0. The van der Waals surface area contributed by atoms with Gasteiger partial charge in [0.15, 0.2) is 5.78 Å². The Morgan fingerprint density at radius 3 is 2.19 bits per heavy atom. The molecule has 1 aromatic rings. The minimum Gasteiger partial charge on any atom is -0.294 e. The Morgan fingerprint density at radius 1 is 1.00 bits per heavy atom. The molecule has 0 saturated heterocycles. The first-order valence-corrected chi connectivity index (χ1v) is 8.42. The Bertz CT molecular complexity index is 592. The van der Waals surface area contributed by atoms with Gasteiger partial charge in [-0.1, -0.05) is 40.7 Å². The molecule has 3 rings (SSSR count). The molecular formula is C20H28O. The van der Waals surface area contributed by atoms with Crippen LogP contribution in [0.15, 0.2) is 12.1 Å². The number of hydrogen-bond donors (Lipinski definition) is 0. The highest BCUT2D eigenvalue weighted by atomic mass is 16.1. The van der Waals surface area contributed by atoms with Crippen LogP contribution in [0.5, 0.6) is 0 Å². The lowest BCUT2D eigenvalue weighted by molar-refractivity contribution is 0.0967. The van der Waals surface area contributed by atoms with Crippen LogP contribution in [0.25, 0.3) is 0 Å². The summed E-state index contributed by atoms with van der Waals surface area (Å²) in [6, 6.07) is 4.63. The smallest absolute Gasteiger partial charge is 0.163 e. The van der Waals surface area contributed by atoms with Gasteiger partial charge in [0.1, 0.15) is 0 Å². The Morgan fingerprint density at radius 2 is 1.57 bits per heavy atom. The lowest BCUT2D eigenvalue weighted by atomic mass is 9.62. The summed E-state index contributed by atoms with van der Waals surface area (Å²) in [6.45, 7) is 11.6. The van der Waals surface area contributed by atoms with Crippen LogP contribution < -0.4 is 0 Å². The normalized spacial score (nSPS) is 26.7. The minimum atomic E-state index is 0.193. The lowest BCUT2D eigenvalue weighted by Crippen LogP contribution is -2.34. The number of Topliss-reactive ketones (excluding diaryl/α,β-unsaturated/α-hetero) is 1. The molecule has 0 bridgehead atoms. The van der Waals surface area contributed by atoms with Gasteiger partial charge in [-0.15, -0.1) is 0 Å². The second kappa shape index (κ2) is 4.69. The van der Waals surface area contributed by atoms with E-state index in [0.717, 1.165) is 24.8 Å². The van der Waals surface area contributed by atoms with Crippen molar-refractivity contribution in [2.24, 2.45) is 5.92 Å². The zero-order valence-electron chi connectivity index (χ0n) is 14.2. The third-order valence-electron chi connectivity index (χ3n) is 5.82. The number of rotatable bonds is 0. The van der Waals surface area contributed by atoms with Crippen molar-refractivity contribution in [3.05, 3.63) is 34.4 Å². The zero-order valence-corrected chi connectivity index (χ0v) is 14.2. The fraction of sp³-hybridized carbons (Fsp3) is 0.650. The predicted molar refractivity (Wildman–Crippen MR) is 88.2 cm³/mol. The molecule has 0 saturated carbocycles. The quantitative estimate of drug-likeness (QED) is 0.599. The Hall–Kier alpha value is -1.11. The molecule has 0 aliphatic heterocycles. The highest BCUT2D eigenvalue weighted by molar-refractivity contribution is 5.98. The number of ketones is 1. The van der Waals surface area contributed by atoms with Crippen LogP contribution in [0, 0.1) is 5.92 Å². The van der Waals surface area contributed by atoms with Crippen molar-refractivity contribution in [1.29, 1.82) is 0 Å². The van der Waals surface area contributed by atoms with Crippen molar-refractivity contribution in [1.82, 2.24) is 0 Å². The van der Waals surface area contributed by atoms with Gasteiger partial charge in [0.2, 0.25) is 0 Å². The second-order valence-electron chi connectivity index (χ2n) is 8.59. The first-order chi connectivity index (χ1) is 9.71. The van der Waals surface area contributed by atoms with Gasteiger partial charge in [0.25, 0.3) is 0 Å². The number of fused-ring (bicyclic) bond motifs is 2. The van der Waals surface area contributed by atoms with Gasteiger partial charge in [-0.25, -0.2) is 0 Å². The summed E-state index contributed by atoms with van der Waals surface area (Å²) in [5.74, 6) is 0.875. The number of hydrogen-bond acceptors (Lipinski definition) is 1. The third-order valence-corrected chi connectivity index (χ3v) is 5.82. The predicted octanol–water partition coefficient (Wildman–Crippen LogP) is 5.19. The summed E-state index contributed by atoms with van der Waals surface area (Å²) in [5, 5.41) is 0. The van der Waals surface area contributed by atoms with Gasteiger partial charge in [-0.2, -0.15) is 0 Å². The van der Waals surface area contributed by atoms with Crippen molar-refractivity contribution in [3.8, 4) is 0 Å². The molecule has 1 nitrogen and oxygen atoms in total.